The zero-order chi connectivity index (χ0) is 16.3. The van der Waals surface area contributed by atoms with E-state index in [2.05, 4.69) is 21.0 Å². The van der Waals surface area contributed by atoms with Gasteiger partial charge in [0.25, 0.3) is 5.96 Å². The maximum Gasteiger partial charge on any atom is 0.408 e. The lowest BCUT2D eigenvalue weighted by atomic mass is 10.1. The molecule has 5 N–H and O–H groups in total. The predicted octanol–water partition coefficient (Wildman–Crippen LogP) is -1.32. The molecule has 11 nitrogen and oxygen atoms in total. The number of carbonyl (C=O) groups excluding carboxylic acids is 1. The Morgan fingerprint density at radius 2 is 2.24 bits per heavy atom. The number of guanidine groups is 1. The minimum atomic E-state index is -1.26. The first-order valence-corrected chi connectivity index (χ1v) is 5.67. The normalized spacial score (nSPS) is 11.9. The molecule has 0 aliphatic heterocycles. The summed E-state index contributed by atoms with van der Waals surface area (Å²) in [4.78, 5) is 35.7. The molecule has 1 atom stereocenters. The summed E-state index contributed by atoms with van der Waals surface area (Å²) in [5.41, 5.74) is 6.79. The van der Waals surface area contributed by atoms with Gasteiger partial charge in [0.05, 0.1) is 0 Å². The van der Waals surface area contributed by atoms with Crippen molar-refractivity contribution in [2.75, 3.05) is 13.2 Å². The van der Waals surface area contributed by atoms with Crippen LogP contribution in [0.3, 0.4) is 0 Å². The molecule has 0 saturated carbocycles. The van der Waals surface area contributed by atoms with Crippen LogP contribution in [0.25, 0.3) is 0 Å². The third kappa shape index (κ3) is 9.54. The Labute approximate surface area is 119 Å². The maximum atomic E-state index is 11.2. The third-order valence-corrected chi connectivity index (χ3v) is 2.02. The van der Waals surface area contributed by atoms with Gasteiger partial charge in [-0.2, -0.15) is 0 Å². The van der Waals surface area contributed by atoms with E-state index < -0.39 is 29.1 Å². The van der Waals surface area contributed by atoms with Gasteiger partial charge in [0.1, 0.15) is 6.04 Å². The van der Waals surface area contributed by atoms with Crippen molar-refractivity contribution in [1.82, 2.24) is 10.7 Å². The van der Waals surface area contributed by atoms with Crippen LogP contribution >= 0.6 is 0 Å². The third-order valence-electron chi connectivity index (χ3n) is 2.02. The highest BCUT2D eigenvalue weighted by molar-refractivity contribution is 5.79. The average Bonchev–Trinajstić information content (AvgIpc) is 2.38. The van der Waals surface area contributed by atoms with E-state index in [1.165, 1.54) is 0 Å². The highest BCUT2D eigenvalue weighted by Crippen LogP contribution is 1.99. The molecule has 0 fully saturated rings. The molecule has 116 valence electrons. The zero-order valence-electron chi connectivity index (χ0n) is 10.9. The summed E-state index contributed by atoms with van der Waals surface area (Å²) in [6, 6.07) is -1.19. The smallest absolute Gasteiger partial charge is 0.408 e. The second-order valence-corrected chi connectivity index (χ2v) is 3.59. The Bertz CT molecular complexity index is 457. The van der Waals surface area contributed by atoms with Crippen LogP contribution in [0.1, 0.15) is 12.8 Å². The van der Waals surface area contributed by atoms with Gasteiger partial charge in [0.2, 0.25) is 0 Å². The first kappa shape index (κ1) is 18.0. The summed E-state index contributed by atoms with van der Waals surface area (Å²) in [7, 11) is 0. The number of ether oxygens (including phenoxy) is 1. The van der Waals surface area contributed by atoms with Gasteiger partial charge in [-0.3, -0.25) is 0 Å². The van der Waals surface area contributed by atoms with Gasteiger partial charge in [-0.1, -0.05) is 11.3 Å². The number of aliphatic carboxylic acids is 1. The predicted molar refractivity (Wildman–Crippen MR) is 70.6 cm³/mol. The first-order valence-electron chi connectivity index (χ1n) is 5.67. The van der Waals surface area contributed by atoms with E-state index >= 15 is 0 Å². The highest BCUT2D eigenvalue weighted by atomic mass is 16.7. The van der Waals surface area contributed by atoms with Crippen LogP contribution in [-0.2, 0) is 9.53 Å². The van der Waals surface area contributed by atoms with Gasteiger partial charge in [-0.25, -0.2) is 24.7 Å². The summed E-state index contributed by atoms with van der Waals surface area (Å²) in [6.45, 7) is -0.219. The number of rotatable bonds is 8. The van der Waals surface area contributed by atoms with Gasteiger partial charge in [-0.05, 0) is 12.8 Å². The number of carboxylic acids is 1. The number of hydrazine groups is 1. The number of nitrogens with two attached hydrogens (primary N) is 1. The Morgan fingerprint density at radius 3 is 2.76 bits per heavy atom. The molecule has 0 rings (SSSR count). The van der Waals surface area contributed by atoms with Crippen molar-refractivity contribution in [3.8, 4) is 12.3 Å². The maximum absolute atomic E-state index is 11.2. The number of carboxylic acid groups (broad SMARTS) is 1. The summed E-state index contributed by atoms with van der Waals surface area (Å²) in [5, 5.41) is 20.2. The van der Waals surface area contributed by atoms with Crippen molar-refractivity contribution in [3.05, 3.63) is 10.1 Å². The molecule has 1 amide bonds. The van der Waals surface area contributed by atoms with Crippen molar-refractivity contribution in [3.63, 3.8) is 0 Å². The SMILES string of the molecule is C#CCOC(=O)N[C@@H](CCCN=C(N)N[N+](=O)[O-])C(=O)O. The van der Waals surface area contributed by atoms with Crippen LogP contribution in [0.4, 0.5) is 4.79 Å². The topological polar surface area (TPSA) is 169 Å². The van der Waals surface area contributed by atoms with Crippen LogP contribution in [0.15, 0.2) is 4.99 Å². The molecule has 0 bridgehead atoms. The number of aliphatic imine (C=N–C) groups is 1. The van der Waals surface area contributed by atoms with Crippen LogP contribution in [0.5, 0.6) is 0 Å². The van der Waals surface area contributed by atoms with Gasteiger partial charge in [-0.15, -0.1) is 6.42 Å². The molecule has 0 radical (unpaired) electrons. The summed E-state index contributed by atoms with van der Waals surface area (Å²) in [5.74, 6) is 0.406. The van der Waals surface area contributed by atoms with E-state index in [1.54, 1.807) is 5.43 Å². The molecule has 0 aromatic heterocycles. The van der Waals surface area contributed by atoms with Crippen molar-refractivity contribution >= 4 is 18.0 Å². The highest BCUT2D eigenvalue weighted by Gasteiger charge is 2.19. The Morgan fingerprint density at radius 1 is 1.57 bits per heavy atom. The number of hydrogen-bond acceptors (Lipinski definition) is 6. The number of alkyl carbamates (subject to hydrolysis) is 1. The van der Waals surface area contributed by atoms with Crippen LogP contribution < -0.4 is 16.5 Å². The second-order valence-electron chi connectivity index (χ2n) is 3.59. The van der Waals surface area contributed by atoms with E-state index in [9.17, 15) is 19.7 Å². The minimum absolute atomic E-state index is 0.0374. The number of nitrogens with zero attached hydrogens (tertiary/aromatic N) is 2. The van der Waals surface area contributed by atoms with E-state index in [0.29, 0.717) is 0 Å². The lowest BCUT2D eigenvalue weighted by Crippen LogP contribution is -2.41. The molecule has 11 heteroatoms. The van der Waals surface area contributed by atoms with Crippen molar-refractivity contribution < 1.29 is 24.5 Å². The monoisotopic (exact) mass is 301 g/mol. The fourth-order valence-corrected chi connectivity index (χ4v) is 1.17. The summed E-state index contributed by atoms with van der Waals surface area (Å²) < 4.78 is 4.48. The molecule has 0 unspecified atom stereocenters. The van der Waals surface area contributed by atoms with Crippen molar-refractivity contribution in [1.29, 1.82) is 0 Å². The van der Waals surface area contributed by atoms with Gasteiger partial charge < -0.3 is 20.9 Å². The molecule has 0 heterocycles. The molecule has 0 aromatic rings. The van der Waals surface area contributed by atoms with Gasteiger partial charge in [0, 0.05) is 6.54 Å². The molecule has 21 heavy (non-hydrogen) atoms. The molecule has 0 aliphatic rings. The van der Waals surface area contributed by atoms with E-state index in [-0.39, 0.29) is 26.0 Å². The molecule has 0 saturated heterocycles. The van der Waals surface area contributed by atoms with E-state index in [0.717, 1.165) is 0 Å². The second kappa shape index (κ2) is 9.84. The van der Waals surface area contributed by atoms with Crippen LogP contribution in [0, 0.1) is 22.5 Å². The van der Waals surface area contributed by atoms with Crippen LogP contribution in [-0.4, -0.2) is 47.4 Å². The molecule has 0 aliphatic carbocycles. The van der Waals surface area contributed by atoms with Gasteiger partial charge >= 0.3 is 12.1 Å². The molecule has 0 spiro atoms. The largest absolute Gasteiger partial charge is 0.480 e. The summed E-state index contributed by atoms with van der Waals surface area (Å²) >= 11 is 0. The number of amides is 1. The van der Waals surface area contributed by atoms with Crippen LogP contribution in [0.2, 0.25) is 0 Å². The number of hydrogen-bond donors (Lipinski definition) is 4. The van der Waals surface area contributed by atoms with E-state index in [1.807, 2.05) is 0 Å². The average molecular weight is 301 g/mol. The quantitative estimate of drug-likeness (QED) is 0.107. The Kier molecular flexibility index (Phi) is 8.42. The number of terminal acetylenes is 1. The Hall–Kier alpha value is -3.03. The van der Waals surface area contributed by atoms with E-state index in [4.69, 9.17) is 17.3 Å². The standard InChI is InChI=1S/C10H15N5O6/c1-2-6-21-10(18)13-7(8(16)17)4-3-5-12-9(11)14-15(19)20/h1,7H,3-6H2,(H,13,18)(H,16,17)(H3,11,12,14)/t7-/m0/s1. The molecule has 0 aromatic carbocycles. The minimum Gasteiger partial charge on any atom is -0.480 e. The summed E-state index contributed by atoms with van der Waals surface area (Å²) in [6.07, 6.45) is 4.20. The number of nitro groups is 1. The number of nitrogens with one attached hydrogen (secondary N) is 2. The van der Waals surface area contributed by atoms with Gasteiger partial charge in [0.15, 0.2) is 11.6 Å². The fraction of sp³-hybridized carbons (Fsp3) is 0.500. The lowest BCUT2D eigenvalue weighted by molar-refractivity contribution is -0.525. The zero-order valence-corrected chi connectivity index (χ0v) is 10.9. The van der Waals surface area contributed by atoms with Crippen molar-refractivity contribution in [2.45, 2.75) is 18.9 Å². The number of carbonyl (C=O) groups is 2. The Balaban J connectivity index is 4.17. The molecular weight excluding hydrogens is 286 g/mol. The fourth-order valence-electron chi connectivity index (χ4n) is 1.17. The molecular formula is C10H15N5O6. The lowest BCUT2D eigenvalue weighted by Gasteiger charge is -2.13. The first-order chi connectivity index (χ1) is 9.86. The van der Waals surface area contributed by atoms with Crippen molar-refractivity contribution in [2.24, 2.45) is 10.7 Å².